The van der Waals surface area contributed by atoms with Crippen LogP contribution in [0.2, 0.25) is 0 Å². The van der Waals surface area contributed by atoms with Crippen LogP contribution in [0.25, 0.3) is 0 Å². The van der Waals surface area contributed by atoms with Gasteiger partial charge in [0.25, 0.3) is 0 Å². The molecule has 0 heterocycles. The third-order valence-electron chi connectivity index (χ3n) is 13.1. The number of hydrogen-bond donors (Lipinski definition) is 2. The first-order valence-corrected chi connectivity index (χ1v) is 30.7. The fourth-order valence-corrected chi connectivity index (χ4v) is 9.32. The lowest BCUT2D eigenvalue weighted by Gasteiger charge is -2.27. The molecule has 0 aliphatic carbocycles. The van der Waals surface area contributed by atoms with Crippen molar-refractivity contribution in [2.75, 3.05) is 40.9 Å². The minimum absolute atomic E-state index is 0.0426. The second-order valence-electron chi connectivity index (χ2n) is 21.2. The van der Waals surface area contributed by atoms with Crippen LogP contribution in [0, 0.1) is 0 Å². The van der Waals surface area contributed by atoms with Crippen LogP contribution in [0.5, 0.6) is 0 Å². The highest BCUT2D eigenvalue weighted by Gasteiger charge is 2.30. The predicted octanol–water partition coefficient (Wildman–Crippen LogP) is 17.4. The average molecular weight is 983 g/mol. The van der Waals surface area contributed by atoms with Crippen LogP contribution in [-0.2, 0) is 27.9 Å². The van der Waals surface area contributed by atoms with E-state index in [1.54, 1.807) is 0 Å². The molecule has 3 atom stereocenters. The molecule has 0 fully saturated rings. The molecule has 2 N–H and O–H groups in total. The van der Waals surface area contributed by atoms with Gasteiger partial charge in [0.15, 0.2) is 0 Å². The predicted molar refractivity (Wildman–Crippen MR) is 291 cm³/mol. The number of likely N-dealkylation sites (N-methyl/N-ethyl adjacent to an activating group) is 1. The summed E-state index contributed by atoms with van der Waals surface area (Å²) >= 11 is 0. The highest BCUT2D eigenvalue weighted by Crippen LogP contribution is 2.43. The molecule has 0 saturated heterocycles. The van der Waals surface area contributed by atoms with Crippen molar-refractivity contribution < 1.29 is 37.3 Å². The highest BCUT2D eigenvalue weighted by molar-refractivity contribution is 7.47. The van der Waals surface area contributed by atoms with Crippen LogP contribution >= 0.6 is 7.82 Å². The first-order valence-electron chi connectivity index (χ1n) is 29.2. The molecule has 3 unspecified atom stereocenters. The van der Waals surface area contributed by atoms with Gasteiger partial charge in [-0.25, -0.2) is 4.57 Å². The number of carbonyl (C=O) groups is 2. The summed E-state index contributed by atoms with van der Waals surface area (Å²) in [5.74, 6) is -0.498. The molecule has 0 saturated carbocycles. The Morgan fingerprint density at radius 2 is 0.853 bits per heavy atom. The second-order valence-corrected chi connectivity index (χ2v) is 22.6. The smallest absolute Gasteiger partial charge is 0.456 e. The normalized spacial score (nSPS) is 13.9. The van der Waals surface area contributed by atoms with Crippen molar-refractivity contribution in [1.82, 2.24) is 5.32 Å². The van der Waals surface area contributed by atoms with E-state index in [1.807, 2.05) is 33.3 Å². The van der Waals surface area contributed by atoms with Gasteiger partial charge < -0.3 is 19.4 Å². The highest BCUT2D eigenvalue weighted by atomic mass is 31.2. The topological polar surface area (TPSA) is 111 Å². The lowest BCUT2D eigenvalue weighted by atomic mass is 10.0. The van der Waals surface area contributed by atoms with E-state index in [0.717, 1.165) is 57.8 Å². The lowest BCUT2D eigenvalue weighted by molar-refractivity contribution is -0.870. The van der Waals surface area contributed by atoms with Gasteiger partial charge in [0.05, 0.1) is 33.8 Å². The SMILES string of the molecule is CCCCCCCC/C=C/CCCCCCCCCC(=O)NC(COP(=O)(O)OCC[N+](C)(C)C)C(/C=C/CCCCCCCCCCCC)OC(=O)CCCCCCCCCCCCCCC. The maximum absolute atomic E-state index is 13.5. The molecule has 10 heteroatoms. The number of carbonyl (C=O) groups excluding carboxylic acids is 2. The minimum Gasteiger partial charge on any atom is -0.456 e. The molecule has 0 aliphatic heterocycles. The average Bonchev–Trinajstić information content (AvgIpc) is 3.29. The van der Waals surface area contributed by atoms with Crippen LogP contribution in [0.3, 0.4) is 0 Å². The zero-order valence-electron chi connectivity index (χ0n) is 45.9. The van der Waals surface area contributed by atoms with E-state index in [0.29, 0.717) is 23.9 Å². The van der Waals surface area contributed by atoms with Gasteiger partial charge in [-0.05, 0) is 57.4 Å². The molecular formula is C58H114N2O7P+. The van der Waals surface area contributed by atoms with E-state index in [9.17, 15) is 19.0 Å². The first-order chi connectivity index (χ1) is 32.9. The summed E-state index contributed by atoms with van der Waals surface area (Å²) in [6, 6.07) is -0.843. The van der Waals surface area contributed by atoms with Crippen molar-refractivity contribution in [3.8, 4) is 0 Å². The van der Waals surface area contributed by atoms with Crippen molar-refractivity contribution in [3.05, 3.63) is 24.3 Å². The molecule has 0 aliphatic rings. The van der Waals surface area contributed by atoms with Crippen molar-refractivity contribution in [2.45, 2.75) is 296 Å². The van der Waals surface area contributed by atoms with Crippen LogP contribution in [-0.4, -0.2) is 74.3 Å². The number of nitrogens with one attached hydrogen (secondary N) is 1. The Morgan fingerprint density at radius 3 is 1.25 bits per heavy atom. The molecule has 9 nitrogen and oxygen atoms in total. The summed E-state index contributed by atoms with van der Waals surface area (Å²) in [7, 11) is 1.51. The van der Waals surface area contributed by atoms with Gasteiger partial charge in [-0.1, -0.05) is 238 Å². The molecule has 0 aromatic heterocycles. The van der Waals surface area contributed by atoms with Gasteiger partial charge in [-0.3, -0.25) is 18.6 Å². The van der Waals surface area contributed by atoms with Gasteiger partial charge in [-0.2, -0.15) is 0 Å². The molecule has 0 radical (unpaired) electrons. The number of nitrogens with zero attached hydrogens (tertiary/aromatic N) is 1. The summed E-state index contributed by atoms with van der Waals surface area (Å²) in [5, 5.41) is 3.05. The zero-order valence-corrected chi connectivity index (χ0v) is 46.8. The van der Waals surface area contributed by atoms with Crippen molar-refractivity contribution in [2.24, 2.45) is 0 Å². The van der Waals surface area contributed by atoms with Crippen LogP contribution < -0.4 is 5.32 Å². The number of allylic oxidation sites excluding steroid dienone is 3. The standard InChI is InChI=1S/C58H113N2O7P/c1-7-10-13-16-19-22-25-28-29-30-31-33-35-38-41-44-47-50-57(61)59-55(54-66-68(63,64)65-53-52-60(4,5)6)56(49-46-43-40-37-34-27-24-21-18-15-12-9-3)67-58(62)51-48-45-42-39-36-32-26-23-20-17-14-11-8-2/h28-29,46,49,55-56H,7-27,30-45,47-48,50-54H2,1-6H3,(H-,59,61,63,64)/p+1/b29-28+,49-46+. The fourth-order valence-electron chi connectivity index (χ4n) is 8.58. The Labute approximate surface area is 422 Å². The Bertz CT molecular complexity index is 1220. The number of unbranched alkanes of at least 4 members (excludes halogenated alkanes) is 35. The fraction of sp³-hybridized carbons (Fsp3) is 0.897. The zero-order chi connectivity index (χ0) is 50.1. The third kappa shape index (κ3) is 49.5. The van der Waals surface area contributed by atoms with E-state index in [2.05, 4.69) is 38.2 Å². The number of ether oxygens (including phenoxy) is 1. The Hall–Kier alpha value is -1.51. The molecule has 1 amide bonds. The Morgan fingerprint density at radius 1 is 0.500 bits per heavy atom. The number of amides is 1. The van der Waals surface area contributed by atoms with Gasteiger partial charge in [0.1, 0.15) is 19.3 Å². The number of phosphoric acid groups is 1. The third-order valence-corrected chi connectivity index (χ3v) is 14.1. The Balaban J connectivity index is 5.31. The van der Waals surface area contributed by atoms with Crippen molar-refractivity contribution in [3.63, 3.8) is 0 Å². The van der Waals surface area contributed by atoms with Crippen LogP contribution in [0.15, 0.2) is 24.3 Å². The van der Waals surface area contributed by atoms with E-state index < -0.39 is 20.0 Å². The Kier molecular flexibility index (Phi) is 48.0. The van der Waals surface area contributed by atoms with E-state index in [1.165, 1.54) is 193 Å². The summed E-state index contributed by atoms with van der Waals surface area (Å²) < 4.78 is 30.6. The van der Waals surface area contributed by atoms with Crippen molar-refractivity contribution in [1.29, 1.82) is 0 Å². The molecule has 0 aromatic rings. The van der Waals surface area contributed by atoms with Gasteiger partial charge in [0, 0.05) is 12.8 Å². The number of phosphoric ester groups is 1. The first kappa shape index (κ1) is 66.5. The maximum Gasteiger partial charge on any atom is 0.472 e. The van der Waals surface area contributed by atoms with Gasteiger partial charge >= 0.3 is 13.8 Å². The van der Waals surface area contributed by atoms with Crippen molar-refractivity contribution >= 4 is 19.7 Å². The van der Waals surface area contributed by atoms with E-state index >= 15 is 0 Å². The summed E-state index contributed by atoms with van der Waals surface area (Å²) in [6.45, 7) is 7.03. The van der Waals surface area contributed by atoms with Gasteiger partial charge in [0.2, 0.25) is 5.91 Å². The molecule has 0 aromatic carbocycles. The van der Waals surface area contributed by atoms with Gasteiger partial charge in [-0.15, -0.1) is 0 Å². The summed E-state index contributed by atoms with van der Waals surface area (Å²) in [4.78, 5) is 37.6. The number of rotatable bonds is 53. The largest absolute Gasteiger partial charge is 0.472 e. The summed E-state index contributed by atoms with van der Waals surface area (Å²) in [5.41, 5.74) is 0. The van der Waals surface area contributed by atoms with Crippen LogP contribution in [0.4, 0.5) is 0 Å². The van der Waals surface area contributed by atoms with Crippen LogP contribution in [0.1, 0.15) is 284 Å². The molecule has 0 rings (SSSR count). The molecule has 402 valence electrons. The summed E-state index contributed by atoms with van der Waals surface area (Å²) in [6.07, 6.45) is 55.9. The number of esters is 1. The molecule has 0 spiro atoms. The molecule has 68 heavy (non-hydrogen) atoms. The monoisotopic (exact) mass is 982 g/mol. The maximum atomic E-state index is 13.5. The lowest BCUT2D eigenvalue weighted by Crippen LogP contribution is -2.47. The molecular weight excluding hydrogens is 868 g/mol. The number of hydrogen-bond acceptors (Lipinski definition) is 6. The van der Waals surface area contributed by atoms with E-state index in [-0.39, 0.29) is 25.1 Å². The second kappa shape index (κ2) is 49.1. The number of quaternary nitrogens is 1. The van der Waals surface area contributed by atoms with E-state index in [4.69, 9.17) is 13.8 Å². The quantitative estimate of drug-likeness (QED) is 0.0205. The molecule has 0 bridgehead atoms. The minimum atomic E-state index is -4.44.